The summed E-state index contributed by atoms with van der Waals surface area (Å²) in [5.74, 6) is 0.336. The highest BCUT2D eigenvalue weighted by Gasteiger charge is 1.99. The molecule has 1 rings (SSSR count). The third kappa shape index (κ3) is 1.32. The Balaban J connectivity index is 2.98. The van der Waals surface area contributed by atoms with Crippen LogP contribution in [0.5, 0.6) is 0 Å². The molecule has 0 saturated heterocycles. The number of nitrogen functional groups attached to an aromatic ring is 1. The van der Waals surface area contributed by atoms with Gasteiger partial charge in [-0.15, -0.1) is 0 Å². The number of amidine groups is 1. The van der Waals surface area contributed by atoms with Crippen molar-refractivity contribution in [1.82, 2.24) is 0 Å². The van der Waals surface area contributed by atoms with Crippen molar-refractivity contribution in [2.45, 2.75) is 0 Å². The van der Waals surface area contributed by atoms with E-state index in [9.17, 15) is 0 Å². The van der Waals surface area contributed by atoms with Gasteiger partial charge in [0.15, 0.2) is 11.6 Å². The first-order chi connectivity index (χ1) is 4.20. The second-order valence-electron chi connectivity index (χ2n) is 1.54. The molecule has 0 aliphatic rings. The van der Waals surface area contributed by atoms with E-state index in [0.717, 1.165) is 4.47 Å². The average molecular weight is 189 g/mol. The first kappa shape index (κ1) is 6.35. The Morgan fingerprint density at radius 2 is 2.44 bits per heavy atom. The largest absolute Gasteiger partial charge is 0.460 e. The molecule has 0 aromatic carbocycles. The lowest BCUT2D eigenvalue weighted by atomic mass is 10.4. The molecule has 0 spiro atoms. The fourth-order valence-corrected chi connectivity index (χ4v) is 0.756. The fourth-order valence-electron chi connectivity index (χ4n) is 0.454. The van der Waals surface area contributed by atoms with Crippen LogP contribution in [0, 0.1) is 5.41 Å². The van der Waals surface area contributed by atoms with E-state index >= 15 is 0 Å². The monoisotopic (exact) mass is 188 g/mol. The zero-order valence-electron chi connectivity index (χ0n) is 4.52. The van der Waals surface area contributed by atoms with Crippen LogP contribution in [-0.4, -0.2) is 5.84 Å². The van der Waals surface area contributed by atoms with Crippen molar-refractivity contribution < 1.29 is 4.42 Å². The second-order valence-corrected chi connectivity index (χ2v) is 2.46. The standard InChI is InChI=1S/C5H5BrN2O/c6-3-1-4(5(7)8)9-2-3/h1-2H,(H3,7,8). The Morgan fingerprint density at radius 3 is 2.67 bits per heavy atom. The van der Waals surface area contributed by atoms with E-state index in [0.29, 0.717) is 5.76 Å². The van der Waals surface area contributed by atoms with Crippen LogP contribution in [0.15, 0.2) is 21.2 Å². The van der Waals surface area contributed by atoms with E-state index < -0.39 is 0 Å². The van der Waals surface area contributed by atoms with Gasteiger partial charge in [0.1, 0.15) is 6.26 Å². The summed E-state index contributed by atoms with van der Waals surface area (Å²) in [6, 6.07) is 1.64. The van der Waals surface area contributed by atoms with Gasteiger partial charge in [-0.1, -0.05) is 0 Å². The molecule has 0 atom stereocenters. The summed E-state index contributed by atoms with van der Waals surface area (Å²) in [7, 11) is 0. The van der Waals surface area contributed by atoms with Crippen molar-refractivity contribution in [3.63, 3.8) is 0 Å². The van der Waals surface area contributed by atoms with Crippen LogP contribution in [0.2, 0.25) is 0 Å². The molecule has 0 aliphatic heterocycles. The van der Waals surface area contributed by atoms with Gasteiger partial charge in [0, 0.05) is 6.07 Å². The van der Waals surface area contributed by atoms with Crippen molar-refractivity contribution in [3.8, 4) is 0 Å². The molecule has 0 bridgehead atoms. The van der Waals surface area contributed by atoms with Crippen LogP contribution in [-0.2, 0) is 0 Å². The molecule has 1 aromatic rings. The summed E-state index contributed by atoms with van der Waals surface area (Å²) in [6.45, 7) is 0. The van der Waals surface area contributed by atoms with Gasteiger partial charge in [0.05, 0.1) is 4.47 Å². The molecule has 4 heteroatoms. The first-order valence-corrected chi connectivity index (χ1v) is 3.08. The minimum absolute atomic E-state index is 0.0549. The Bertz CT molecular complexity index is 231. The number of furan rings is 1. The van der Waals surface area contributed by atoms with Crippen LogP contribution >= 0.6 is 15.9 Å². The smallest absolute Gasteiger partial charge is 0.169 e. The number of nitrogens with two attached hydrogens (primary N) is 1. The molecule has 1 aromatic heterocycles. The molecule has 48 valence electrons. The van der Waals surface area contributed by atoms with Gasteiger partial charge >= 0.3 is 0 Å². The maximum Gasteiger partial charge on any atom is 0.169 e. The topological polar surface area (TPSA) is 63.0 Å². The highest BCUT2D eigenvalue weighted by atomic mass is 79.9. The summed E-state index contributed by atoms with van der Waals surface area (Å²) in [5.41, 5.74) is 5.10. The molecule has 3 N–H and O–H groups in total. The third-order valence-corrected chi connectivity index (χ3v) is 1.25. The van der Waals surface area contributed by atoms with Crippen molar-refractivity contribution in [1.29, 1.82) is 5.41 Å². The van der Waals surface area contributed by atoms with Crippen molar-refractivity contribution in [2.75, 3.05) is 0 Å². The number of nitrogens with one attached hydrogen (secondary N) is 1. The van der Waals surface area contributed by atoms with Crippen molar-refractivity contribution in [3.05, 3.63) is 22.6 Å². The van der Waals surface area contributed by atoms with Gasteiger partial charge in [-0.3, -0.25) is 5.41 Å². The van der Waals surface area contributed by atoms with E-state index in [1.54, 1.807) is 6.07 Å². The number of hydrogen-bond acceptors (Lipinski definition) is 2. The van der Waals surface area contributed by atoms with E-state index in [1.807, 2.05) is 0 Å². The van der Waals surface area contributed by atoms with Gasteiger partial charge in [0.2, 0.25) is 0 Å². The van der Waals surface area contributed by atoms with Gasteiger partial charge < -0.3 is 10.2 Å². The number of rotatable bonds is 1. The molecule has 0 fully saturated rings. The molecule has 3 nitrogen and oxygen atoms in total. The average Bonchev–Trinajstić information content (AvgIpc) is 2.14. The zero-order valence-corrected chi connectivity index (χ0v) is 6.10. The molecule has 0 aliphatic carbocycles. The molecule has 1 heterocycles. The lowest BCUT2D eigenvalue weighted by Crippen LogP contribution is -2.09. The zero-order chi connectivity index (χ0) is 6.85. The summed E-state index contributed by atoms with van der Waals surface area (Å²) in [5, 5.41) is 6.91. The Kier molecular flexibility index (Phi) is 1.57. The summed E-state index contributed by atoms with van der Waals surface area (Å²) < 4.78 is 5.63. The number of hydrogen-bond donors (Lipinski definition) is 2. The lowest BCUT2D eigenvalue weighted by molar-refractivity contribution is 0.555. The Labute approximate surface area is 60.5 Å². The summed E-state index contributed by atoms with van der Waals surface area (Å²) in [6.07, 6.45) is 1.48. The minimum atomic E-state index is -0.0549. The molecule has 0 unspecified atom stereocenters. The fraction of sp³-hybridized carbons (Fsp3) is 0. The van der Waals surface area contributed by atoms with Crippen LogP contribution in [0.4, 0.5) is 0 Å². The molecule has 0 saturated carbocycles. The quantitative estimate of drug-likeness (QED) is 0.516. The number of halogens is 1. The van der Waals surface area contributed by atoms with Crippen LogP contribution in [0.1, 0.15) is 5.76 Å². The van der Waals surface area contributed by atoms with E-state index in [2.05, 4.69) is 15.9 Å². The highest BCUT2D eigenvalue weighted by molar-refractivity contribution is 9.10. The van der Waals surface area contributed by atoms with Crippen LogP contribution < -0.4 is 5.73 Å². The van der Waals surface area contributed by atoms with E-state index in [4.69, 9.17) is 15.6 Å². The normalized spacial score (nSPS) is 9.44. The highest BCUT2D eigenvalue weighted by Crippen LogP contribution is 2.12. The van der Waals surface area contributed by atoms with Gasteiger partial charge in [-0.05, 0) is 15.9 Å². The molecular formula is C5H5BrN2O. The maximum absolute atomic E-state index is 6.91. The van der Waals surface area contributed by atoms with E-state index in [-0.39, 0.29) is 5.84 Å². The minimum Gasteiger partial charge on any atom is -0.460 e. The second kappa shape index (κ2) is 2.23. The van der Waals surface area contributed by atoms with Crippen molar-refractivity contribution in [2.24, 2.45) is 5.73 Å². The van der Waals surface area contributed by atoms with Crippen molar-refractivity contribution >= 4 is 21.8 Å². The third-order valence-electron chi connectivity index (χ3n) is 0.833. The maximum atomic E-state index is 6.91. The first-order valence-electron chi connectivity index (χ1n) is 2.28. The van der Waals surface area contributed by atoms with E-state index in [1.165, 1.54) is 6.26 Å². The van der Waals surface area contributed by atoms with Gasteiger partial charge in [-0.2, -0.15) is 0 Å². The molecule has 0 amide bonds. The van der Waals surface area contributed by atoms with Gasteiger partial charge in [0.25, 0.3) is 0 Å². The van der Waals surface area contributed by atoms with Crippen LogP contribution in [0.3, 0.4) is 0 Å². The Hall–Kier alpha value is -0.770. The molecule has 9 heavy (non-hydrogen) atoms. The summed E-state index contributed by atoms with van der Waals surface area (Å²) in [4.78, 5) is 0. The SMILES string of the molecule is N=C(N)c1cc(Br)co1. The predicted molar refractivity (Wildman–Crippen MR) is 37.4 cm³/mol. The lowest BCUT2D eigenvalue weighted by Gasteiger charge is -1.84. The predicted octanol–water partition coefficient (Wildman–Crippen LogP) is 1.33. The Morgan fingerprint density at radius 1 is 1.78 bits per heavy atom. The summed E-state index contributed by atoms with van der Waals surface area (Å²) >= 11 is 3.15. The van der Waals surface area contributed by atoms with Crippen LogP contribution in [0.25, 0.3) is 0 Å². The molecule has 0 radical (unpaired) electrons. The van der Waals surface area contributed by atoms with Gasteiger partial charge in [-0.25, -0.2) is 0 Å². The molecular weight excluding hydrogens is 184 g/mol.